The molecule has 152 valence electrons. The molecule has 3 aromatic rings. The maximum atomic E-state index is 6.52. The van der Waals surface area contributed by atoms with Crippen LogP contribution < -0.4 is 14.2 Å². The highest BCUT2D eigenvalue weighted by Gasteiger charge is 2.41. The summed E-state index contributed by atoms with van der Waals surface area (Å²) in [6, 6.07) is 21.8. The molecule has 2 aliphatic rings. The minimum atomic E-state index is -0.392. The lowest BCUT2D eigenvalue weighted by Crippen LogP contribution is -2.33. The summed E-state index contributed by atoms with van der Waals surface area (Å²) in [5.41, 5.74) is 3.99. The second-order valence-electron chi connectivity index (χ2n) is 7.25. The van der Waals surface area contributed by atoms with Crippen LogP contribution in [0, 0.1) is 0 Å². The van der Waals surface area contributed by atoms with Crippen molar-refractivity contribution in [2.24, 2.45) is 5.10 Å². The third kappa shape index (κ3) is 3.06. The van der Waals surface area contributed by atoms with E-state index in [4.69, 9.17) is 30.9 Å². The van der Waals surface area contributed by atoms with Crippen LogP contribution in [0.3, 0.4) is 0 Å². The van der Waals surface area contributed by atoms with Crippen LogP contribution in [0.4, 0.5) is 0 Å². The number of nitrogens with zero attached hydrogens (tertiary/aromatic N) is 2. The number of ether oxygens (including phenoxy) is 3. The van der Waals surface area contributed by atoms with Gasteiger partial charge in [0.25, 0.3) is 0 Å². The fraction of sp³-hybridized carbons (Fsp3) is 0.208. The van der Waals surface area contributed by atoms with Crippen LogP contribution in [0.15, 0.2) is 71.8 Å². The van der Waals surface area contributed by atoms with E-state index in [9.17, 15) is 0 Å². The first-order valence-electron chi connectivity index (χ1n) is 9.78. The van der Waals surface area contributed by atoms with Gasteiger partial charge in [-0.3, -0.25) is 0 Å². The van der Waals surface area contributed by atoms with Crippen LogP contribution in [0.5, 0.6) is 17.2 Å². The van der Waals surface area contributed by atoms with Crippen LogP contribution in [-0.2, 0) is 0 Å². The van der Waals surface area contributed by atoms with Gasteiger partial charge in [-0.15, -0.1) is 0 Å². The topological polar surface area (TPSA) is 43.3 Å². The molecule has 0 spiro atoms. The summed E-state index contributed by atoms with van der Waals surface area (Å²) in [6.45, 7) is 0. The van der Waals surface area contributed by atoms with Gasteiger partial charge in [0.1, 0.15) is 5.75 Å². The van der Waals surface area contributed by atoms with Crippen LogP contribution in [-0.4, -0.2) is 24.9 Å². The van der Waals surface area contributed by atoms with Gasteiger partial charge in [0.15, 0.2) is 11.5 Å². The molecule has 6 heteroatoms. The molecule has 2 atom stereocenters. The lowest BCUT2D eigenvalue weighted by molar-refractivity contribution is -0.0189. The molecule has 0 fully saturated rings. The Labute approximate surface area is 180 Å². The SMILES string of the molecule is COc1ccc(C2=NN3[C@@H](C2)c2ccccc2O[C@H]3c2ccccc2Cl)cc1OC. The van der Waals surface area contributed by atoms with Crippen molar-refractivity contribution in [2.45, 2.75) is 18.7 Å². The first kappa shape index (κ1) is 18.8. The fourth-order valence-electron chi connectivity index (χ4n) is 4.10. The molecular weight excluding hydrogens is 400 g/mol. The van der Waals surface area contributed by atoms with Gasteiger partial charge in [0, 0.05) is 28.1 Å². The Balaban J connectivity index is 1.59. The molecule has 0 unspecified atom stereocenters. The first-order valence-corrected chi connectivity index (χ1v) is 10.2. The second-order valence-corrected chi connectivity index (χ2v) is 7.65. The van der Waals surface area contributed by atoms with E-state index >= 15 is 0 Å². The minimum Gasteiger partial charge on any atom is -0.493 e. The predicted octanol–water partition coefficient (Wildman–Crippen LogP) is 5.60. The molecule has 0 aromatic heterocycles. The number of hydrogen-bond acceptors (Lipinski definition) is 5. The molecule has 2 heterocycles. The van der Waals surface area contributed by atoms with Crippen LogP contribution in [0.1, 0.15) is 35.4 Å². The molecule has 5 rings (SSSR count). The van der Waals surface area contributed by atoms with Gasteiger partial charge < -0.3 is 14.2 Å². The standard InChI is InChI=1S/C24H21ClN2O3/c1-28-22-12-11-15(13-23(22)29-2)19-14-20-17-8-4-6-10-21(17)30-24(27(20)26-19)16-7-3-5-9-18(16)25/h3-13,20,24H,14H2,1-2H3/t20-,24-/m0/s1. The molecule has 0 bridgehead atoms. The normalized spacial score (nSPS) is 19.4. The zero-order valence-corrected chi connectivity index (χ0v) is 17.5. The average Bonchev–Trinajstić information content (AvgIpc) is 3.24. The number of rotatable bonds is 4. The highest BCUT2D eigenvalue weighted by Crippen LogP contribution is 2.48. The predicted molar refractivity (Wildman–Crippen MR) is 117 cm³/mol. The fourth-order valence-corrected chi connectivity index (χ4v) is 4.33. The maximum Gasteiger partial charge on any atom is 0.215 e. The summed E-state index contributed by atoms with van der Waals surface area (Å²) in [6.07, 6.45) is 0.368. The Morgan fingerprint density at radius 2 is 1.67 bits per heavy atom. The minimum absolute atomic E-state index is 0.0688. The summed E-state index contributed by atoms with van der Waals surface area (Å²) in [4.78, 5) is 0. The van der Waals surface area contributed by atoms with Gasteiger partial charge in [-0.05, 0) is 30.3 Å². The van der Waals surface area contributed by atoms with Gasteiger partial charge in [0.2, 0.25) is 6.23 Å². The summed E-state index contributed by atoms with van der Waals surface area (Å²) in [7, 11) is 3.27. The lowest BCUT2D eigenvalue weighted by Gasteiger charge is -2.38. The van der Waals surface area contributed by atoms with Gasteiger partial charge in [0.05, 0.1) is 26.0 Å². The molecule has 2 aliphatic heterocycles. The Morgan fingerprint density at radius 3 is 2.43 bits per heavy atom. The smallest absolute Gasteiger partial charge is 0.215 e. The number of halogens is 1. The van der Waals surface area contributed by atoms with Crippen LogP contribution in [0.25, 0.3) is 0 Å². The van der Waals surface area contributed by atoms with Crippen molar-refractivity contribution in [1.82, 2.24) is 5.01 Å². The van der Waals surface area contributed by atoms with Crippen molar-refractivity contribution >= 4 is 17.3 Å². The monoisotopic (exact) mass is 420 g/mol. The molecule has 5 nitrogen and oxygen atoms in total. The first-order chi connectivity index (χ1) is 14.7. The van der Waals surface area contributed by atoms with Gasteiger partial charge in [-0.2, -0.15) is 5.10 Å². The Kier molecular flexibility index (Phi) is 4.75. The quantitative estimate of drug-likeness (QED) is 0.551. The molecule has 3 aromatic carbocycles. The highest BCUT2D eigenvalue weighted by molar-refractivity contribution is 6.31. The molecule has 0 saturated carbocycles. The van der Waals surface area contributed by atoms with Crippen molar-refractivity contribution in [2.75, 3.05) is 14.2 Å². The Morgan fingerprint density at radius 1 is 0.933 bits per heavy atom. The molecule has 0 radical (unpaired) electrons. The number of hydrogen-bond donors (Lipinski definition) is 0. The molecule has 0 N–H and O–H groups in total. The van der Waals surface area contributed by atoms with E-state index in [0.29, 0.717) is 16.5 Å². The number of hydrazone groups is 1. The Bertz CT molecular complexity index is 1130. The number of para-hydroxylation sites is 1. The molecule has 0 saturated heterocycles. The molecule has 0 amide bonds. The highest BCUT2D eigenvalue weighted by atomic mass is 35.5. The summed E-state index contributed by atoms with van der Waals surface area (Å²) in [5.74, 6) is 2.24. The van der Waals surface area contributed by atoms with E-state index in [1.807, 2.05) is 65.7 Å². The summed E-state index contributed by atoms with van der Waals surface area (Å²) >= 11 is 6.52. The third-order valence-electron chi connectivity index (χ3n) is 5.59. The van der Waals surface area contributed by atoms with E-state index in [0.717, 1.165) is 34.6 Å². The van der Waals surface area contributed by atoms with E-state index < -0.39 is 6.23 Å². The Hall–Kier alpha value is -3.18. The van der Waals surface area contributed by atoms with E-state index in [-0.39, 0.29) is 6.04 Å². The van der Waals surface area contributed by atoms with Crippen molar-refractivity contribution in [3.63, 3.8) is 0 Å². The molecular formula is C24H21ClN2O3. The summed E-state index contributed by atoms with van der Waals surface area (Å²) in [5, 5.41) is 7.66. The number of methoxy groups -OCH3 is 2. The maximum absolute atomic E-state index is 6.52. The summed E-state index contributed by atoms with van der Waals surface area (Å²) < 4.78 is 17.2. The van der Waals surface area contributed by atoms with Gasteiger partial charge in [-0.1, -0.05) is 48.0 Å². The van der Waals surface area contributed by atoms with Crippen LogP contribution in [0.2, 0.25) is 5.02 Å². The average molecular weight is 421 g/mol. The van der Waals surface area contributed by atoms with E-state index in [1.165, 1.54) is 0 Å². The third-order valence-corrected chi connectivity index (χ3v) is 5.93. The van der Waals surface area contributed by atoms with Crippen molar-refractivity contribution < 1.29 is 14.2 Å². The van der Waals surface area contributed by atoms with E-state index in [2.05, 4.69) is 6.07 Å². The van der Waals surface area contributed by atoms with Crippen molar-refractivity contribution in [3.8, 4) is 17.2 Å². The lowest BCUT2D eigenvalue weighted by atomic mass is 9.96. The van der Waals surface area contributed by atoms with Crippen LogP contribution >= 0.6 is 11.6 Å². The molecule has 30 heavy (non-hydrogen) atoms. The van der Waals surface area contributed by atoms with Gasteiger partial charge in [-0.25, -0.2) is 5.01 Å². The van der Waals surface area contributed by atoms with Gasteiger partial charge >= 0.3 is 0 Å². The van der Waals surface area contributed by atoms with E-state index in [1.54, 1.807) is 14.2 Å². The zero-order valence-electron chi connectivity index (χ0n) is 16.7. The number of benzene rings is 3. The zero-order chi connectivity index (χ0) is 20.7. The van der Waals surface area contributed by atoms with Crippen molar-refractivity contribution in [1.29, 1.82) is 0 Å². The van der Waals surface area contributed by atoms with Crippen molar-refractivity contribution in [3.05, 3.63) is 88.4 Å². The largest absolute Gasteiger partial charge is 0.493 e. The number of fused-ring (bicyclic) bond motifs is 3. The molecule has 0 aliphatic carbocycles. The second kappa shape index (κ2) is 7.58.